The molecule has 0 atom stereocenters. The summed E-state index contributed by atoms with van der Waals surface area (Å²) in [7, 11) is 0. The second-order valence-electron chi connectivity index (χ2n) is 5.27. The van der Waals surface area contributed by atoms with E-state index in [2.05, 4.69) is 17.0 Å². The van der Waals surface area contributed by atoms with Crippen molar-refractivity contribution in [3.63, 3.8) is 0 Å². The number of anilines is 1. The Balaban J connectivity index is 2.32. The fourth-order valence-corrected chi connectivity index (χ4v) is 2.63. The van der Waals surface area contributed by atoms with Crippen LogP contribution in [0.1, 0.15) is 32.3 Å². The van der Waals surface area contributed by atoms with E-state index in [9.17, 15) is 4.79 Å². The van der Waals surface area contributed by atoms with Crippen molar-refractivity contribution in [1.29, 1.82) is 0 Å². The van der Waals surface area contributed by atoms with Crippen LogP contribution in [0.4, 0.5) is 5.69 Å². The van der Waals surface area contributed by atoms with E-state index in [0.29, 0.717) is 0 Å². The van der Waals surface area contributed by atoms with Crippen LogP contribution in [0, 0.1) is 0 Å². The molecule has 0 fully saturated rings. The van der Waals surface area contributed by atoms with Gasteiger partial charge in [-0.15, -0.1) is 0 Å². The van der Waals surface area contributed by atoms with E-state index in [1.165, 1.54) is 11.3 Å². The molecule has 0 unspecified atom stereocenters. The van der Waals surface area contributed by atoms with Gasteiger partial charge in [-0.2, -0.15) is 0 Å². The van der Waals surface area contributed by atoms with Gasteiger partial charge in [0.05, 0.1) is 6.42 Å². The van der Waals surface area contributed by atoms with Crippen molar-refractivity contribution in [2.75, 3.05) is 11.4 Å². The Morgan fingerprint density at radius 2 is 2.12 bits per heavy atom. The minimum absolute atomic E-state index is 0.168. The third-order valence-corrected chi connectivity index (χ3v) is 3.42. The fraction of sp³-hybridized carbons (Fsp3) is 0.500. The SMILES string of the molecule is CC(C)(CC(=O)O)N1CCCc2ccccc21. The van der Waals surface area contributed by atoms with Crippen molar-refractivity contribution in [3.05, 3.63) is 29.8 Å². The Hall–Kier alpha value is -1.51. The highest BCUT2D eigenvalue weighted by molar-refractivity contribution is 5.70. The van der Waals surface area contributed by atoms with Crippen molar-refractivity contribution in [2.24, 2.45) is 0 Å². The third kappa shape index (κ3) is 2.43. The van der Waals surface area contributed by atoms with Crippen LogP contribution in [-0.2, 0) is 11.2 Å². The van der Waals surface area contributed by atoms with Crippen molar-refractivity contribution >= 4 is 11.7 Å². The first-order chi connectivity index (χ1) is 8.00. The van der Waals surface area contributed by atoms with Crippen LogP contribution in [-0.4, -0.2) is 23.2 Å². The number of benzene rings is 1. The molecule has 0 bridgehead atoms. The summed E-state index contributed by atoms with van der Waals surface area (Å²) in [6, 6.07) is 8.30. The van der Waals surface area contributed by atoms with Crippen molar-refractivity contribution in [3.8, 4) is 0 Å². The molecule has 0 saturated heterocycles. The molecule has 1 aromatic rings. The second-order valence-corrected chi connectivity index (χ2v) is 5.27. The number of nitrogens with zero attached hydrogens (tertiary/aromatic N) is 1. The maximum Gasteiger partial charge on any atom is 0.305 e. The summed E-state index contributed by atoms with van der Waals surface area (Å²) >= 11 is 0. The number of carboxylic acids is 1. The number of para-hydroxylation sites is 1. The highest BCUT2D eigenvalue weighted by Gasteiger charge is 2.32. The smallest absolute Gasteiger partial charge is 0.305 e. The first-order valence-electron chi connectivity index (χ1n) is 6.08. The normalized spacial score (nSPS) is 15.5. The highest BCUT2D eigenvalue weighted by atomic mass is 16.4. The van der Waals surface area contributed by atoms with Gasteiger partial charge in [0.2, 0.25) is 0 Å². The predicted molar refractivity (Wildman–Crippen MR) is 68.4 cm³/mol. The summed E-state index contributed by atoms with van der Waals surface area (Å²) in [4.78, 5) is 13.2. The molecule has 1 heterocycles. The van der Waals surface area contributed by atoms with Crippen molar-refractivity contribution in [2.45, 2.75) is 38.6 Å². The average molecular weight is 233 g/mol. The van der Waals surface area contributed by atoms with E-state index in [1.807, 2.05) is 26.0 Å². The number of hydrogen-bond donors (Lipinski definition) is 1. The number of carbonyl (C=O) groups is 1. The van der Waals surface area contributed by atoms with E-state index in [-0.39, 0.29) is 12.0 Å². The number of fused-ring (bicyclic) bond motifs is 1. The molecule has 1 aliphatic rings. The molecule has 1 aliphatic heterocycles. The van der Waals surface area contributed by atoms with Gasteiger partial charge < -0.3 is 10.0 Å². The lowest BCUT2D eigenvalue weighted by Gasteiger charge is -2.43. The van der Waals surface area contributed by atoms with Crippen molar-refractivity contribution < 1.29 is 9.90 Å². The predicted octanol–water partition coefficient (Wildman–Crippen LogP) is 2.69. The molecule has 0 amide bonds. The highest BCUT2D eigenvalue weighted by Crippen LogP contribution is 2.33. The number of hydrogen-bond acceptors (Lipinski definition) is 2. The Morgan fingerprint density at radius 3 is 2.82 bits per heavy atom. The molecule has 1 aromatic carbocycles. The summed E-state index contributed by atoms with van der Waals surface area (Å²) in [6.07, 6.45) is 2.36. The lowest BCUT2D eigenvalue weighted by Crippen LogP contribution is -2.48. The van der Waals surface area contributed by atoms with Gasteiger partial charge in [0.15, 0.2) is 0 Å². The number of rotatable bonds is 3. The zero-order valence-corrected chi connectivity index (χ0v) is 10.4. The topological polar surface area (TPSA) is 40.5 Å². The Morgan fingerprint density at radius 1 is 1.41 bits per heavy atom. The van der Waals surface area contributed by atoms with E-state index in [0.717, 1.165) is 19.4 Å². The maximum atomic E-state index is 10.9. The molecule has 0 radical (unpaired) electrons. The molecule has 1 N–H and O–H groups in total. The van der Waals surface area contributed by atoms with Crippen LogP contribution in [0.3, 0.4) is 0 Å². The Labute approximate surface area is 102 Å². The summed E-state index contributed by atoms with van der Waals surface area (Å²) in [5.74, 6) is -0.738. The van der Waals surface area contributed by atoms with E-state index in [1.54, 1.807) is 0 Å². The molecule has 17 heavy (non-hydrogen) atoms. The number of carboxylic acid groups (broad SMARTS) is 1. The summed E-state index contributed by atoms with van der Waals surface area (Å²) in [5.41, 5.74) is 2.20. The van der Waals surface area contributed by atoms with E-state index >= 15 is 0 Å². The molecule has 0 spiro atoms. The zero-order valence-electron chi connectivity index (χ0n) is 10.4. The summed E-state index contributed by atoms with van der Waals surface area (Å²) in [6.45, 7) is 4.95. The van der Waals surface area contributed by atoms with Crippen LogP contribution in [0.5, 0.6) is 0 Å². The lowest BCUT2D eigenvalue weighted by molar-refractivity contribution is -0.138. The molecule has 0 aromatic heterocycles. The number of aliphatic carboxylic acids is 1. The van der Waals surface area contributed by atoms with E-state index in [4.69, 9.17) is 5.11 Å². The molecule has 0 aliphatic carbocycles. The molecule has 92 valence electrons. The largest absolute Gasteiger partial charge is 0.481 e. The van der Waals surface area contributed by atoms with Gasteiger partial charge in [-0.05, 0) is 38.3 Å². The monoisotopic (exact) mass is 233 g/mol. The van der Waals surface area contributed by atoms with Gasteiger partial charge in [-0.3, -0.25) is 4.79 Å². The quantitative estimate of drug-likeness (QED) is 0.872. The second kappa shape index (κ2) is 4.40. The van der Waals surface area contributed by atoms with Crippen LogP contribution in [0.15, 0.2) is 24.3 Å². The van der Waals surface area contributed by atoms with Crippen LogP contribution >= 0.6 is 0 Å². The van der Waals surface area contributed by atoms with Crippen molar-refractivity contribution in [1.82, 2.24) is 0 Å². The summed E-state index contributed by atoms with van der Waals surface area (Å²) < 4.78 is 0. The van der Waals surface area contributed by atoms with Crippen LogP contribution in [0.2, 0.25) is 0 Å². The molecular formula is C14H19NO2. The first-order valence-corrected chi connectivity index (χ1v) is 6.08. The Kier molecular flexibility index (Phi) is 3.09. The molecular weight excluding hydrogens is 214 g/mol. The molecule has 2 rings (SSSR count). The average Bonchev–Trinajstić information content (AvgIpc) is 2.26. The minimum atomic E-state index is -0.738. The molecule has 0 saturated carbocycles. The van der Waals surface area contributed by atoms with Gasteiger partial charge in [0.1, 0.15) is 0 Å². The van der Waals surface area contributed by atoms with Crippen LogP contribution in [0.25, 0.3) is 0 Å². The minimum Gasteiger partial charge on any atom is -0.481 e. The van der Waals surface area contributed by atoms with Gasteiger partial charge in [-0.1, -0.05) is 18.2 Å². The molecule has 3 heteroatoms. The summed E-state index contributed by atoms with van der Waals surface area (Å²) in [5, 5.41) is 9.00. The zero-order chi connectivity index (χ0) is 12.5. The Bertz CT molecular complexity index is 426. The van der Waals surface area contributed by atoms with E-state index < -0.39 is 5.97 Å². The van der Waals surface area contributed by atoms with Gasteiger partial charge in [0.25, 0.3) is 0 Å². The fourth-order valence-electron chi connectivity index (χ4n) is 2.63. The van der Waals surface area contributed by atoms with Gasteiger partial charge >= 0.3 is 5.97 Å². The number of aryl methyl sites for hydroxylation is 1. The molecule has 3 nitrogen and oxygen atoms in total. The third-order valence-electron chi connectivity index (χ3n) is 3.42. The van der Waals surface area contributed by atoms with Gasteiger partial charge in [-0.25, -0.2) is 0 Å². The van der Waals surface area contributed by atoms with Gasteiger partial charge in [0, 0.05) is 17.8 Å². The van der Waals surface area contributed by atoms with Crippen LogP contribution < -0.4 is 4.90 Å². The standard InChI is InChI=1S/C14H19NO2/c1-14(2,10-13(16)17)15-9-5-7-11-6-3-4-8-12(11)15/h3-4,6,8H,5,7,9-10H2,1-2H3,(H,16,17). The maximum absolute atomic E-state index is 10.9. The lowest BCUT2D eigenvalue weighted by atomic mass is 9.92. The first kappa shape index (κ1) is 12.0.